The largest absolute Gasteiger partial charge is 0.267 e. The Balaban J connectivity index is 1.51. The van der Waals surface area contributed by atoms with Crippen LogP contribution in [0.25, 0.3) is 33.6 Å². The Morgan fingerprint density at radius 3 is 2.73 bits per heavy atom. The summed E-state index contributed by atoms with van der Waals surface area (Å²) in [6, 6.07) is 20.7. The number of thiazole rings is 1. The molecule has 3 heterocycles. The highest BCUT2D eigenvalue weighted by Gasteiger charge is 2.10. The molecule has 0 radical (unpaired) electrons. The van der Waals surface area contributed by atoms with Gasteiger partial charge in [0.05, 0.1) is 16.8 Å². The van der Waals surface area contributed by atoms with Gasteiger partial charge in [0, 0.05) is 29.7 Å². The molecule has 30 heavy (non-hydrogen) atoms. The minimum Gasteiger partial charge on any atom is -0.267 e. The molecule has 0 bridgehead atoms. The molecule has 0 fully saturated rings. The quantitative estimate of drug-likeness (QED) is 0.354. The number of hydrogen-bond acceptors (Lipinski definition) is 4. The van der Waals surface area contributed by atoms with Crippen molar-refractivity contribution in [1.82, 2.24) is 19.7 Å². The lowest BCUT2D eigenvalue weighted by Crippen LogP contribution is -2.00. The number of pyridine rings is 1. The first-order valence-corrected chi connectivity index (χ1v) is 10.6. The van der Waals surface area contributed by atoms with Gasteiger partial charge in [-0.15, -0.1) is 11.3 Å². The van der Waals surface area contributed by atoms with E-state index in [9.17, 15) is 0 Å². The fourth-order valence-electron chi connectivity index (χ4n) is 3.43. The van der Waals surface area contributed by atoms with Crippen molar-refractivity contribution in [3.05, 3.63) is 101 Å². The lowest BCUT2D eigenvalue weighted by molar-refractivity contribution is 0.689. The Morgan fingerprint density at radius 1 is 1.00 bits per heavy atom. The molecule has 0 saturated carbocycles. The second-order valence-corrected chi connectivity index (χ2v) is 8.28. The van der Waals surface area contributed by atoms with E-state index < -0.39 is 0 Å². The number of aromatic nitrogens is 4. The lowest BCUT2D eigenvalue weighted by Gasteiger charge is -2.01. The van der Waals surface area contributed by atoms with Crippen LogP contribution in [-0.4, -0.2) is 19.7 Å². The number of benzene rings is 2. The molecule has 0 saturated heterocycles. The van der Waals surface area contributed by atoms with Crippen molar-refractivity contribution in [3.63, 3.8) is 0 Å². The van der Waals surface area contributed by atoms with E-state index in [4.69, 9.17) is 10.1 Å². The van der Waals surface area contributed by atoms with Gasteiger partial charge in [-0.05, 0) is 54.5 Å². The Bertz CT molecular complexity index is 1320. The molecule has 3 aromatic heterocycles. The third kappa shape index (κ3) is 3.93. The average molecular weight is 409 g/mol. The third-order valence-electron chi connectivity index (χ3n) is 4.88. The highest BCUT2D eigenvalue weighted by atomic mass is 32.1. The smallest absolute Gasteiger partial charge is 0.117 e. The van der Waals surface area contributed by atoms with Gasteiger partial charge in [-0.1, -0.05) is 36.4 Å². The molecule has 0 N–H and O–H groups in total. The van der Waals surface area contributed by atoms with E-state index in [0.717, 1.165) is 33.9 Å². The van der Waals surface area contributed by atoms with Crippen LogP contribution >= 0.6 is 11.3 Å². The molecule has 2 aromatic carbocycles. The van der Waals surface area contributed by atoms with Crippen LogP contribution in [0, 0.1) is 6.92 Å². The first-order chi connectivity index (χ1) is 14.7. The molecule has 0 aliphatic rings. The van der Waals surface area contributed by atoms with Gasteiger partial charge in [0.25, 0.3) is 0 Å². The van der Waals surface area contributed by atoms with E-state index in [1.807, 2.05) is 29.1 Å². The SMILES string of the molecule is Cc1ccc2sc(/C=C/c3cn(Cc4ccccc4)nc3-c3cccnc3)nc2c1. The highest BCUT2D eigenvalue weighted by molar-refractivity contribution is 7.19. The van der Waals surface area contributed by atoms with E-state index in [-0.39, 0.29) is 0 Å². The van der Waals surface area contributed by atoms with E-state index in [0.29, 0.717) is 0 Å². The zero-order valence-corrected chi connectivity index (χ0v) is 17.4. The summed E-state index contributed by atoms with van der Waals surface area (Å²) in [6.45, 7) is 2.82. The van der Waals surface area contributed by atoms with Gasteiger partial charge in [-0.2, -0.15) is 5.10 Å². The Morgan fingerprint density at radius 2 is 1.90 bits per heavy atom. The Kier molecular flexibility index (Phi) is 4.95. The summed E-state index contributed by atoms with van der Waals surface area (Å²) < 4.78 is 3.19. The van der Waals surface area contributed by atoms with Gasteiger partial charge >= 0.3 is 0 Å². The second kappa shape index (κ2) is 8.05. The van der Waals surface area contributed by atoms with Crippen LogP contribution in [0.1, 0.15) is 21.7 Å². The molecule has 146 valence electrons. The molecule has 0 aliphatic carbocycles. The van der Waals surface area contributed by atoms with Crippen LogP contribution in [0.5, 0.6) is 0 Å². The summed E-state index contributed by atoms with van der Waals surface area (Å²) in [7, 11) is 0. The van der Waals surface area contributed by atoms with Crippen molar-refractivity contribution in [2.45, 2.75) is 13.5 Å². The van der Waals surface area contributed by atoms with E-state index in [1.54, 1.807) is 17.5 Å². The number of nitrogens with zero attached hydrogens (tertiary/aromatic N) is 4. The summed E-state index contributed by atoms with van der Waals surface area (Å²) in [4.78, 5) is 9.02. The van der Waals surface area contributed by atoms with E-state index in [1.165, 1.54) is 15.8 Å². The number of fused-ring (bicyclic) bond motifs is 1. The molecule has 5 aromatic rings. The van der Waals surface area contributed by atoms with Crippen LogP contribution in [0.2, 0.25) is 0 Å². The predicted molar refractivity (Wildman–Crippen MR) is 124 cm³/mol. The summed E-state index contributed by atoms with van der Waals surface area (Å²) in [5.74, 6) is 0. The van der Waals surface area contributed by atoms with Crippen LogP contribution in [0.4, 0.5) is 0 Å². The zero-order valence-electron chi connectivity index (χ0n) is 16.6. The van der Waals surface area contributed by atoms with Crippen molar-refractivity contribution in [3.8, 4) is 11.3 Å². The standard InChI is InChI=1S/C25H20N4S/c1-18-9-11-23-22(14-18)27-24(30-23)12-10-21-17-29(16-19-6-3-2-4-7-19)28-25(21)20-8-5-13-26-15-20/h2-15,17H,16H2,1H3/b12-10+. The average Bonchev–Trinajstić information content (AvgIpc) is 3.36. The Hall–Kier alpha value is -3.57. The summed E-state index contributed by atoms with van der Waals surface area (Å²) in [6.07, 6.45) is 9.89. The Labute approximate surface area is 179 Å². The van der Waals surface area contributed by atoms with Gasteiger partial charge in [-0.3, -0.25) is 9.67 Å². The molecule has 0 amide bonds. The summed E-state index contributed by atoms with van der Waals surface area (Å²) in [5, 5.41) is 5.84. The molecule has 0 aliphatic heterocycles. The van der Waals surface area contributed by atoms with Gasteiger partial charge in [0.1, 0.15) is 10.7 Å². The van der Waals surface area contributed by atoms with Gasteiger partial charge in [0.2, 0.25) is 0 Å². The van der Waals surface area contributed by atoms with Crippen LogP contribution in [0.3, 0.4) is 0 Å². The summed E-state index contributed by atoms with van der Waals surface area (Å²) >= 11 is 1.70. The first kappa shape index (κ1) is 18.5. The fourth-order valence-corrected chi connectivity index (χ4v) is 4.28. The topological polar surface area (TPSA) is 43.6 Å². The molecule has 0 unspecified atom stereocenters. The minimum atomic E-state index is 0.725. The predicted octanol–water partition coefficient (Wildman–Crippen LogP) is 6.08. The normalized spacial score (nSPS) is 11.5. The maximum Gasteiger partial charge on any atom is 0.117 e. The van der Waals surface area contributed by atoms with Gasteiger partial charge in [-0.25, -0.2) is 4.98 Å². The number of aryl methyl sites for hydroxylation is 1. The minimum absolute atomic E-state index is 0.725. The lowest BCUT2D eigenvalue weighted by atomic mass is 10.1. The van der Waals surface area contributed by atoms with Crippen LogP contribution in [-0.2, 0) is 6.54 Å². The van der Waals surface area contributed by atoms with Gasteiger partial charge in [0.15, 0.2) is 0 Å². The maximum atomic E-state index is 4.85. The first-order valence-electron chi connectivity index (χ1n) is 9.82. The van der Waals surface area contributed by atoms with E-state index >= 15 is 0 Å². The van der Waals surface area contributed by atoms with Crippen molar-refractivity contribution >= 4 is 33.7 Å². The van der Waals surface area contributed by atoms with Crippen molar-refractivity contribution < 1.29 is 0 Å². The molecular formula is C25H20N4S. The molecule has 4 nitrogen and oxygen atoms in total. The second-order valence-electron chi connectivity index (χ2n) is 7.21. The third-order valence-corrected chi connectivity index (χ3v) is 5.88. The van der Waals surface area contributed by atoms with Crippen molar-refractivity contribution in [2.75, 3.05) is 0 Å². The molecule has 0 atom stereocenters. The molecule has 5 rings (SSSR count). The maximum absolute atomic E-state index is 4.85. The fraction of sp³-hybridized carbons (Fsp3) is 0.0800. The number of rotatable bonds is 5. The molecular weight excluding hydrogens is 388 g/mol. The monoisotopic (exact) mass is 408 g/mol. The zero-order chi connectivity index (χ0) is 20.3. The summed E-state index contributed by atoms with van der Waals surface area (Å²) in [5.41, 5.74) is 6.47. The van der Waals surface area contributed by atoms with Crippen LogP contribution < -0.4 is 0 Å². The number of hydrogen-bond donors (Lipinski definition) is 0. The molecule has 0 spiro atoms. The van der Waals surface area contributed by atoms with Crippen molar-refractivity contribution in [1.29, 1.82) is 0 Å². The molecule has 5 heteroatoms. The highest BCUT2D eigenvalue weighted by Crippen LogP contribution is 2.27. The van der Waals surface area contributed by atoms with E-state index in [2.05, 4.69) is 72.7 Å². The van der Waals surface area contributed by atoms with Gasteiger partial charge < -0.3 is 0 Å². The van der Waals surface area contributed by atoms with Crippen molar-refractivity contribution in [2.24, 2.45) is 0 Å². The van der Waals surface area contributed by atoms with Crippen LogP contribution in [0.15, 0.2) is 79.3 Å².